The van der Waals surface area contributed by atoms with Gasteiger partial charge in [0.2, 0.25) is 0 Å². The van der Waals surface area contributed by atoms with Crippen molar-refractivity contribution in [2.24, 2.45) is 0 Å². The minimum atomic E-state index is -0.170. The highest BCUT2D eigenvalue weighted by Gasteiger charge is 2.10. The van der Waals surface area contributed by atoms with Gasteiger partial charge in [0, 0.05) is 22.5 Å². The lowest BCUT2D eigenvalue weighted by molar-refractivity contribution is 0.516. The molecule has 0 bridgehead atoms. The van der Waals surface area contributed by atoms with Gasteiger partial charge in [0.15, 0.2) is 0 Å². The molecule has 1 unspecified atom stereocenters. The van der Waals surface area contributed by atoms with Crippen LogP contribution in [0.25, 0.3) is 0 Å². The summed E-state index contributed by atoms with van der Waals surface area (Å²) in [5, 5.41) is 3.30. The molecule has 0 aliphatic heterocycles. The molecule has 1 aromatic carbocycles. The SMILES string of the molecule is C#CCCCCNC(C)c1cc(Br)ccc1F. The van der Waals surface area contributed by atoms with Gasteiger partial charge < -0.3 is 5.32 Å². The Kier molecular flexibility index (Phi) is 6.25. The second-order valence-corrected chi connectivity index (χ2v) is 4.92. The summed E-state index contributed by atoms with van der Waals surface area (Å²) in [6, 6.07) is 5.02. The zero-order chi connectivity index (χ0) is 12.7. The highest BCUT2D eigenvalue weighted by Crippen LogP contribution is 2.21. The zero-order valence-electron chi connectivity index (χ0n) is 9.97. The van der Waals surface area contributed by atoms with Crippen LogP contribution in [0.1, 0.15) is 37.8 Å². The Morgan fingerprint density at radius 3 is 2.94 bits per heavy atom. The van der Waals surface area contributed by atoms with E-state index in [0.717, 1.165) is 30.3 Å². The van der Waals surface area contributed by atoms with Gasteiger partial charge >= 0.3 is 0 Å². The standard InChI is InChI=1S/C14H17BrFN/c1-3-4-5-6-9-17-11(2)13-10-12(15)7-8-14(13)16/h1,7-8,10-11,17H,4-6,9H2,2H3. The van der Waals surface area contributed by atoms with E-state index < -0.39 is 0 Å². The molecular weight excluding hydrogens is 281 g/mol. The van der Waals surface area contributed by atoms with Crippen LogP contribution in [0, 0.1) is 18.2 Å². The van der Waals surface area contributed by atoms with Crippen LogP contribution in [0.15, 0.2) is 22.7 Å². The lowest BCUT2D eigenvalue weighted by Crippen LogP contribution is -2.20. The summed E-state index contributed by atoms with van der Waals surface area (Å²) in [5.41, 5.74) is 0.691. The van der Waals surface area contributed by atoms with E-state index in [1.165, 1.54) is 6.07 Å². The third-order valence-corrected chi connectivity index (χ3v) is 3.12. The molecule has 0 aromatic heterocycles. The average Bonchev–Trinajstić information content (AvgIpc) is 2.32. The fourth-order valence-corrected chi connectivity index (χ4v) is 2.01. The molecular formula is C14H17BrFN. The smallest absolute Gasteiger partial charge is 0.128 e. The topological polar surface area (TPSA) is 12.0 Å². The van der Waals surface area contributed by atoms with E-state index >= 15 is 0 Å². The maximum Gasteiger partial charge on any atom is 0.128 e. The van der Waals surface area contributed by atoms with E-state index in [0.29, 0.717) is 5.56 Å². The molecule has 0 aliphatic carbocycles. The second kappa shape index (κ2) is 7.47. The van der Waals surface area contributed by atoms with Crippen LogP contribution in [0.5, 0.6) is 0 Å². The van der Waals surface area contributed by atoms with Gasteiger partial charge in [-0.2, -0.15) is 0 Å². The first-order valence-electron chi connectivity index (χ1n) is 5.77. The second-order valence-electron chi connectivity index (χ2n) is 4.00. The van der Waals surface area contributed by atoms with Gasteiger partial charge in [-0.1, -0.05) is 15.9 Å². The van der Waals surface area contributed by atoms with Crippen LogP contribution in [0.2, 0.25) is 0 Å². The first kappa shape index (κ1) is 14.2. The predicted molar refractivity (Wildman–Crippen MR) is 73.2 cm³/mol. The fourth-order valence-electron chi connectivity index (χ4n) is 1.63. The number of halogens is 2. The highest BCUT2D eigenvalue weighted by molar-refractivity contribution is 9.10. The van der Waals surface area contributed by atoms with Gasteiger partial charge in [-0.25, -0.2) is 4.39 Å². The molecule has 0 heterocycles. The molecule has 0 saturated heterocycles. The van der Waals surface area contributed by atoms with Gasteiger partial charge in [0.25, 0.3) is 0 Å². The molecule has 1 rings (SSSR count). The van der Waals surface area contributed by atoms with Crippen molar-refractivity contribution in [1.29, 1.82) is 0 Å². The van der Waals surface area contributed by atoms with Crippen molar-refractivity contribution in [2.45, 2.75) is 32.2 Å². The maximum atomic E-state index is 13.6. The first-order valence-corrected chi connectivity index (χ1v) is 6.56. The Morgan fingerprint density at radius 2 is 2.24 bits per heavy atom. The summed E-state index contributed by atoms with van der Waals surface area (Å²) in [6.45, 7) is 2.82. The highest BCUT2D eigenvalue weighted by atomic mass is 79.9. The summed E-state index contributed by atoms with van der Waals surface area (Å²) >= 11 is 3.35. The van der Waals surface area contributed by atoms with E-state index in [-0.39, 0.29) is 11.9 Å². The van der Waals surface area contributed by atoms with Crippen molar-refractivity contribution in [2.75, 3.05) is 6.54 Å². The number of terminal acetylenes is 1. The molecule has 1 aromatic rings. The third kappa shape index (κ3) is 4.89. The van der Waals surface area contributed by atoms with Crippen LogP contribution in [-0.4, -0.2) is 6.54 Å². The number of benzene rings is 1. The fraction of sp³-hybridized carbons (Fsp3) is 0.429. The van der Waals surface area contributed by atoms with E-state index in [4.69, 9.17) is 6.42 Å². The van der Waals surface area contributed by atoms with Crippen molar-refractivity contribution in [3.05, 3.63) is 34.1 Å². The lowest BCUT2D eigenvalue weighted by Gasteiger charge is -2.15. The number of nitrogens with one attached hydrogen (secondary N) is 1. The van der Waals surface area contributed by atoms with Crippen LogP contribution in [0.4, 0.5) is 4.39 Å². The summed E-state index contributed by atoms with van der Waals surface area (Å²) in [4.78, 5) is 0. The van der Waals surface area contributed by atoms with Gasteiger partial charge in [0.1, 0.15) is 5.82 Å². The minimum absolute atomic E-state index is 0.0123. The van der Waals surface area contributed by atoms with Crippen molar-refractivity contribution >= 4 is 15.9 Å². The van der Waals surface area contributed by atoms with E-state index in [2.05, 4.69) is 27.2 Å². The average molecular weight is 298 g/mol. The normalized spacial score (nSPS) is 12.1. The monoisotopic (exact) mass is 297 g/mol. The Morgan fingerprint density at radius 1 is 1.47 bits per heavy atom. The predicted octanol–water partition coefficient (Wildman–Crippen LogP) is 4.04. The maximum absolute atomic E-state index is 13.6. The Bertz CT molecular complexity index is 398. The number of unbranched alkanes of at least 4 members (excludes halogenated alkanes) is 2. The molecule has 3 heteroatoms. The lowest BCUT2D eigenvalue weighted by atomic mass is 10.1. The molecule has 17 heavy (non-hydrogen) atoms. The largest absolute Gasteiger partial charge is 0.310 e. The van der Waals surface area contributed by atoms with Crippen molar-refractivity contribution in [3.63, 3.8) is 0 Å². The number of rotatable bonds is 6. The van der Waals surface area contributed by atoms with Crippen molar-refractivity contribution in [1.82, 2.24) is 5.32 Å². The molecule has 0 saturated carbocycles. The Labute approximate surface area is 111 Å². The number of hydrogen-bond acceptors (Lipinski definition) is 1. The van der Waals surface area contributed by atoms with Gasteiger partial charge in [-0.05, 0) is 44.5 Å². The molecule has 0 radical (unpaired) electrons. The summed E-state index contributed by atoms with van der Waals surface area (Å²) in [7, 11) is 0. The van der Waals surface area contributed by atoms with Gasteiger partial charge in [0.05, 0.1) is 0 Å². The van der Waals surface area contributed by atoms with E-state index in [9.17, 15) is 4.39 Å². The molecule has 1 nitrogen and oxygen atoms in total. The van der Waals surface area contributed by atoms with Crippen molar-refractivity contribution in [3.8, 4) is 12.3 Å². The first-order chi connectivity index (χ1) is 8.15. The molecule has 1 atom stereocenters. The van der Waals surface area contributed by atoms with E-state index in [1.54, 1.807) is 6.07 Å². The van der Waals surface area contributed by atoms with Gasteiger partial charge in [-0.15, -0.1) is 12.3 Å². The zero-order valence-corrected chi connectivity index (χ0v) is 11.6. The molecule has 92 valence electrons. The minimum Gasteiger partial charge on any atom is -0.310 e. The summed E-state index contributed by atoms with van der Waals surface area (Å²) < 4.78 is 14.5. The molecule has 0 fully saturated rings. The van der Waals surface area contributed by atoms with Crippen LogP contribution in [0.3, 0.4) is 0 Å². The van der Waals surface area contributed by atoms with Crippen LogP contribution in [-0.2, 0) is 0 Å². The number of hydrogen-bond donors (Lipinski definition) is 1. The summed E-state index contributed by atoms with van der Waals surface area (Å²) in [5.74, 6) is 2.44. The third-order valence-electron chi connectivity index (χ3n) is 2.62. The quantitative estimate of drug-likeness (QED) is 0.617. The molecule has 1 N–H and O–H groups in total. The van der Waals surface area contributed by atoms with Crippen molar-refractivity contribution < 1.29 is 4.39 Å². The van der Waals surface area contributed by atoms with Gasteiger partial charge in [-0.3, -0.25) is 0 Å². The summed E-state index contributed by atoms with van der Waals surface area (Å²) in [6.07, 6.45) is 8.01. The Hall–Kier alpha value is -0.850. The molecule has 0 aliphatic rings. The Balaban J connectivity index is 2.44. The molecule has 0 spiro atoms. The molecule has 0 amide bonds. The van der Waals surface area contributed by atoms with Crippen LogP contribution < -0.4 is 5.32 Å². The van der Waals surface area contributed by atoms with Crippen LogP contribution >= 0.6 is 15.9 Å². The van der Waals surface area contributed by atoms with E-state index in [1.807, 2.05) is 13.0 Å².